The van der Waals surface area contributed by atoms with Gasteiger partial charge in [0.25, 0.3) is 0 Å². The number of ketones is 1. The van der Waals surface area contributed by atoms with Crippen LogP contribution in [0.15, 0.2) is 11.3 Å². The summed E-state index contributed by atoms with van der Waals surface area (Å²) in [5.74, 6) is -9.63. The fourth-order valence-corrected chi connectivity index (χ4v) is 1.36. The molecule has 0 aromatic heterocycles. The minimum absolute atomic E-state index is 0.566. The molecule has 0 aromatic carbocycles. The second-order valence-corrected chi connectivity index (χ2v) is 4.52. The van der Waals surface area contributed by atoms with Gasteiger partial charge in [-0.15, -0.1) is 0 Å². The van der Waals surface area contributed by atoms with Crippen LogP contribution >= 0.6 is 0 Å². The van der Waals surface area contributed by atoms with Gasteiger partial charge in [-0.3, -0.25) is 4.79 Å². The normalized spacial score (nSPS) is 20.8. The SMILES string of the molecule is CC(=O)C(=O)O/C1=C(/C(C)O)C(=O)OOC(=O)CCC(=O)OOC1=O. The molecule has 0 aromatic rings. The smallest absolute Gasteiger partial charge is 0.412 e. The molecule has 1 atom stereocenters. The Hall–Kier alpha value is -3.28. The van der Waals surface area contributed by atoms with Crippen molar-refractivity contribution in [2.45, 2.75) is 32.8 Å². The average Bonchev–Trinajstić information content (AvgIpc) is 2.53. The summed E-state index contributed by atoms with van der Waals surface area (Å²) >= 11 is 0. The van der Waals surface area contributed by atoms with Gasteiger partial charge in [0.05, 0.1) is 18.9 Å². The third kappa shape index (κ3) is 5.69. The van der Waals surface area contributed by atoms with Crippen LogP contribution in [0.3, 0.4) is 0 Å². The van der Waals surface area contributed by atoms with E-state index in [1.165, 1.54) is 0 Å². The Labute approximate surface area is 139 Å². The lowest BCUT2D eigenvalue weighted by Gasteiger charge is -2.14. The van der Waals surface area contributed by atoms with Crippen molar-refractivity contribution >= 4 is 35.6 Å². The van der Waals surface area contributed by atoms with Crippen LogP contribution in [-0.2, 0) is 53.1 Å². The lowest BCUT2D eigenvalue weighted by molar-refractivity contribution is -0.263. The van der Waals surface area contributed by atoms with E-state index in [1.807, 2.05) is 0 Å². The van der Waals surface area contributed by atoms with E-state index in [0.717, 1.165) is 13.8 Å². The van der Waals surface area contributed by atoms with Gasteiger partial charge in [0, 0.05) is 6.92 Å². The second kappa shape index (κ2) is 8.54. The Morgan fingerprint density at radius 2 is 1.44 bits per heavy atom. The van der Waals surface area contributed by atoms with Crippen molar-refractivity contribution in [2.24, 2.45) is 0 Å². The van der Waals surface area contributed by atoms with Gasteiger partial charge in [-0.2, -0.15) is 0 Å². The Kier molecular flexibility index (Phi) is 6.75. The molecule has 1 heterocycles. The lowest BCUT2D eigenvalue weighted by Crippen LogP contribution is -2.29. The zero-order valence-electron chi connectivity index (χ0n) is 12.9. The molecule has 0 amide bonds. The minimum Gasteiger partial charge on any atom is -0.412 e. The number of hydrogen-bond donors (Lipinski definition) is 1. The molecule has 1 unspecified atom stereocenters. The maximum absolute atomic E-state index is 11.9. The van der Waals surface area contributed by atoms with Crippen molar-refractivity contribution in [2.75, 3.05) is 0 Å². The summed E-state index contributed by atoms with van der Waals surface area (Å²) in [5, 5.41) is 9.62. The molecule has 0 saturated carbocycles. The highest BCUT2D eigenvalue weighted by atomic mass is 17.2. The highest BCUT2D eigenvalue weighted by Gasteiger charge is 2.34. The Morgan fingerprint density at radius 1 is 0.960 bits per heavy atom. The van der Waals surface area contributed by atoms with Crippen molar-refractivity contribution in [3.63, 3.8) is 0 Å². The van der Waals surface area contributed by atoms with Crippen molar-refractivity contribution in [3.8, 4) is 0 Å². The third-order valence-electron chi connectivity index (χ3n) is 2.50. The largest absolute Gasteiger partial charge is 0.421 e. The number of carbonyl (C=O) groups is 6. The summed E-state index contributed by atoms with van der Waals surface area (Å²) in [5.41, 5.74) is -1.02. The van der Waals surface area contributed by atoms with Crippen LogP contribution in [0.1, 0.15) is 26.7 Å². The molecular weight excluding hydrogens is 348 g/mol. The van der Waals surface area contributed by atoms with E-state index in [1.54, 1.807) is 0 Å². The Bertz CT molecular complexity index is 656. The molecule has 1 N–H and O–H groups in total. The first-order valence-corrected chi connectivity index (χ1v) is 6.61. The van der Waals surface area contributed by atoms with Gasteiger partial charge in [0.2, 0.25) is 11.5 Å². The highest BCUT2D eigenvalue weighted by molar-refractivity contribution is 6.33. The van der Waals surface area contributed by atoms with Crippen LogP contribution in [0.5, 0.6) is 0 Å². The van der Waals surface area contributed by atoms with Crippen molar-refractivity contribution in [1.82, 2.24) is 0 Å². The monoisotopic (exact) mass is 360 g/mol. The van der Waals surface area contributed by atoms with Gasteiger partial charge < -0.3 is 9.84 Å². The quantitative estimate of drug-likeness (QED) is 0.353. The summed E-state index contributed by atoms with van der Waals surface area (Å²) < 4.78 is 4.40. The zero-order valence-corrected chi connectivity index (χ0v) is 12.9. The van der Waals surface area contributed by atoms with E-state index >= 15 is 0 Å². The highest BCUT2D eigenvalue weighted by Crippen LogP contribution is 2.17. The Morgan fingerprint density at radius 3 is 1.88 bits per heavy atom. The van der Waals surface area contributed by atoms with E-state index in [-0.39, 0.29) is 0 Å². The number of ether oxygens (including phenoxy) is 1. The minimum atomic E-state index is -1.80. The summed E-state index contributed by atoms with van der Waals surface area (Å²) in [6.07, 6.45) is -2.95. The van der Waals surface area contributed by atoms with Crippen LogP contribution in [0.4, 0.5) is 0 Å². The standard InChI is InChI=1S/C13H12O12/c1-5(14)9-10(21-11(18)6(2)15)13(20)25-23-8(17)4-3-7(16)22-24-12(9)19/h5,14H,3-4H2,1-2H3/b10-9-. The summed E-state index contributed by atoms with van der Waals surface area (Å²) in [6, 6.07) is 0. The molecule has 136 valence electrons. The Balaban J connectivity index is 3.33. The van der Waals surface area contributed by atoms with Crippen LogP contribution in [0, 0.1) is 0 Å². The van der Waals surface area contributed by atoms with E-state index < -0.39 is 65.9 Å². The third-order valence-corrected chi connectivity index (χ3v) is 2.50. The molecule has 0 saturated heterocycles. The fourth-order valence-electron chi connectivity index (χ4n) is 1.36. The predicted molar refractivity (Wildman–Crippen MR) is 69.1 cm³/mol. The number of aliphatic hydroxyl groups excluding tert-OH is 1. The molecule has 0 bridgehead atoms. The van der Waals surface area contributed by atoms with Gasteiger partial charge in [-0.05, 0) is 6.92 Å². The number of Topliss-reactive ketones (excluding diaryl/α,β-unsaturated/α-hetero) is 1. The molecule has 1 aliphatic heterocycles. The molecule has 25 heavy (non-hydrogen) atoms. The number of carbonyl (C=O) groups excluding carboxylic acids is 6. The molecule has 0 radical (unpaired) electrons. The maximum atomic E-state index is 11.9. The van der Waals surface area contributed by atoms with E-state index in [4.69, 9.17) is 0 Å². The number of esters is 1. The first-order valence-electron chi connectivity index (χ1n) is 6.61. The van der Waals surface area contributed by atoms with Gasteiger partial charge in [0.15, 0.2) is 0 Å². The van der Waals surface area contributed by atoms with E-state index in [0.29, 0.717) is 0 Å². The van der Waals surface area contributed by atoms with Gasteiger partial charge >= 0.3 is 29.8 Å². The average molecular weight is 360 g/mol. The molecule has 0 fully saturated rings. The van der Waals surface area contributed by atoms with Gasteiger partial charge in [-0.25, -0.2) is 43.5 Å². The predicted octanol–water partition coefficient (Wildman–Crippen LogP) is -1.45. The van der Waals surface area contributed by atoms with Crippen LogP contribution < -0.4 is 0 Å². The molecule has 0 spiro atoms. The summed E-state index contributed by atoms with van der Waals surface area (Å²) in [7, 11) is 0. The zero-order chi connectivity index (χ0) is 19.1. The van der Waals surface area contributed by atoms with Crippen molar-refractivity contribution < 1.29 is 58.2 Å². The van der Waals surface area contributed by atoms with Crippen molar-refractivity contribution in [1.29, 1.82) is 0 Å². The summed E-state index contributed by atoms with van der Waals surface area (Å²) in [6.45, 7) is 1.76. The molecule has 1 aliphatic rings. The van der Waals surface area contributed by atoms with Crippen LogP contribution in [-0.4, -0.2) is 46.8 Å². The van der Waals surface area contributed by atoms with Gasteiger partial charge in [-0.1, -0.05) is 0 Å². The molecule has 1 rings (SSSR count). The number of aliphatic hydroxyl groups is 1. The molecule has 12 heteroatoms. The van der Waals surface area contributed by atoms with Crippen LogP contribution in [0.2, 0.25) is 0 Å². The topological polar surface area (TPSA) is 169 Å². The molecule has 12 nitrogen and oxygen atoms in total. The number of rotatable bonds is 3. The van der Waals surface area contributed by atoms with Crippen molar-refractivity contribution in [3.05, 3.63) is 11.3 Å². The fraction of sp³-hybridized carbons (Fsp3) is 0.385. The second-order valence-electron chi connectivity index (χ2n) is 4.52. The van der Waals surface area contributed by atoms with Crippen LogP contribution in [0.25, 0.3) is 0 Å². The maximum Gasteiger partial charge on any atom is 0.421 e. The van der Waals surface area contributed by atoms with E-state index in [2.05, 4.69) is 24.3 Å². The van der Waals surface area contributed by atoms with E-state index in [9.17, 15) is 33.9 Å². The summed E-state index contributed by atoms with van der Waals surface area (Å²) in [4.78, 5) is 85.0. The van der Waals surface area contributed by atoms with Gasteiger partial charge in [0.1, 0.15) is 5.57 Å². The lowest BCUT2D eigenvalue weighted by atomic mass is 10.1. The first kappa shape index (κ1) is 19.8. The number of hydrogen-bond acceptors (Lipinski definition) is 12. The first-order chi connectivity index (χ1) is 11.6. The molecule has 0 aliphatic carbocycles. The molecular formula is C13H12O12.